The van der Waals surface area contributed by atoms with E-state index in [4.69, 9.17) is 15.0 Å². The number of amides is 3. The maximum atomic E-state index is 13.4. The van der Waals surface area contributed by atoms with E-state index in [9.17, 15) is 24.4 Å². The van der Waals surface area contributed by atoms with Gasteiger partial charge >= 0.3 is 14.2 Å². The van der Waals surface area contributed by atoms with Crippen LogP contribution in [0.25, 0.3) is 0 Å². The zero-order chi connectivity index (χ0) is 25.3. The Bertz CT molecular complexity index is 1160. The molecule has 1 atom stereocenters. The molecule has 0 spiro atoms. The van der Waals surface area contributed by atoms with Crippen LogP contribution in [0.15, 0.2) is 36.4 Å². The highest BCUT2D eigenvalue weighted by molar-refractivity contribution is 6.62. The zero-order valence-corrected chi connectivity index (χ0v) is 19.6. The molecule has 0 saturated heterocycles. The molecule has 2 aliphatic heterocycles. The minimum absolute atomic E-state index is 0.0738. The van der Waals surface area contributed by atoms with Crippen molar-refractivity contribution in [1.29, 1.82) is 0 Å². The molecule has 35 heavy (non-hydrogen) atoms. The Labute approximate surface area is 203 Å². The first-order valence-electron chi connectivity index (χ1n) is 11.4. The minimum Gasteiger partial charge on any atom is -0.423 e. The smallest absolute Gasteiger partial charge is 0.423 e. The summed E-state index contributed by atoms with van der Waals surface area (Å²) in [5.74, 6) is -1.64. The van der Waals surface area contributed by atoms with Crippen LogP contribution in [0.1, 0.15) is 45.7 Å². The second-order valence-electron chi connectivity index (χ2n) is 9.19. The summed E-state index contributed by atoms with van der Waals surface area (Å²) in [6.07, 6.45) is 0. The molecule has 0 aromatic heterocycles. The number of benzene rings is 2. The van der Waals surface area contributed by atoms with Crippen LogP contribution in [0.4, 0.5) is 0 Å². The molecular formula is C23H27B2N3O7. The summed E-state index contributed by atoms with van der Waals surface area (Å²) in [7, 11) is -2.20. The molecule has 2 aromatic rings. The summed E-state index contributed by atoms with van der Waals surface area (Å²) in [4.78, 5) is 40.0. The number of carbonyl (C=O) groups is 3. The fraction of sp³-hybridized carbons (Fsp3) is 0.348. The van der Waals surface area contributed by atoms with Gasteiger partial charge in [0.2, 0.25) is 5.91 Å². The van der Waals surface area contributed by atoms with Gasteiger partial charge < -0.3 is 35.3 Å². The Kier molecular flexibility index (Phi) is 7.27. The van der Waals surface area contributed by atoms with Gasteiger partial charge in [-0.15, -0.1) is 0 Å². The van der Waals surface area contributed by atoms with E-state index in [2.05, 4.69) is 5.32 Å². The van der Waals surface area contributed by atoms with Gasteiger partial charge in [0.05, 0.1) is 19.8 Å². The predicted molar refractivity (Wildman–Crippen MR) is 129 cm³/mol. The van der Waals surface area contributed by atoms with Gasteiger partial charge in [-0.2, -0.15) is 0 Å². The van der Waals surface area contributed by atoms with E-state index < -0.39 is 32.1 Å². The topological polar surface area (TPSA) is 151 Å². The van der Waals surface area contributed by atoms with E-state index in [1.54, 1.807) is 30.3 Å². The summed E-state index contributed by atoms with van der Waals surface area (Å²) in [5, 5.41) is 22.5. The summed E-state index contributed by atoms with van der Waals surface area (Å²) < 4.78 is 10.3. The number of rotatable bonds is 8. The van der Waals surface area contributed by atoms with Crippen LogP contribution >= 0.6 is 0 Å². The highest BCUT2D eigenvalue weighted by Crippen LogP contribution is 2.15. The molecule has 2 aromatic carbocycles. The van der Waals surface area contributed by atoms with Gasteiger partial charge in [-0.25, -0.2) is 0 Å². The third kappa shape index (κ3) is 5.40. The second-order valence-corrected chi connectivity index (χ2v) is 9.19. The van der Waals surface area contributed by atoms with Crippen LogP contribution in [0.2, 0.25) is 0 Å². The van der Waals surface area contributed by atoms with Gasteiger partial charge in [0.15, 0.2) is 0 Å². The third-order valence-corrected chi connectivity index (χ3v) is 6.05. The monoisotopic (exact) mass is 479 g/mol. The molecule has 12 heteroatoms. The first-order chi connectivity index (χ1) is 16.6. The lowest BCUT2D eigenvalue weighted by atomic mass is 9.78. The number of hydrogen-bond donors (Lipinski definition) is 4. The first-order valence-corrected chi connectivity index (χ1v) is 11.4. The van der Waals surface area contributed by atoms with E-state index in [0.717, 1.165) is 11.1 Å². The largest absolute Gasteiger partial charge is 0.491 e. The van der Waals surface area contributed by atoms with E-state index >= 15 is 0 Å². The Morgan fingerprint density at radius 1 is 0.971 bits per heavy atom. The molecule has 182 valence electrons. The minimum atomic E-state index is -1.15. The SMILES string of the molecule is CC(C)CN(C[C@H](NC(=O)c1ccc2c(c1)B(O)OC2)C(N)=O)C(=O)c1ccc2c(c1)B(O)OC2. The van der Waals surface area contributed by atoms with Crippen molar-refractivity contribution >= 4 is 42.9 Å². The molecule has 3 amide bonds. The molecule has 0 unspecified atom stereocenters. The fourth-order valence-corrected chi connectivity index (χ4v) is 4.24. The number of hydrogen-bond acceptors (Lipinski definition) is 7. The maximum absolute atomic E-state index is 13.4. The average molecular weight is 479 g/mol. The summed E-state index contributed by atoms with van der Waals surface area (Å²) in [6, 6.07) is 8.57. The van der Waals surface area contributed by atoms with Crippen molar-refractivity contribution in [3.05, 3.63) is 58.7 Å². The second kappa shape index (κ2) is 10.2. The van der Waals surface area contributed by atoms with Crippen molar-refractivity contribution in [1.82, 2.24) is 10.2 Å². The van der Waals surface area contributed by atoms with Crippen LogP contribution in [-0.2, 0) is 27.3 Å². The average Bonchev–Trinajstić information content (AvgIpc) is 3.38. The number of nitrogens with two attached hydrogens (primary N) is 1. The number of carbonyl (C=O) groups excluding carboxylic acids is 3. The van der Waals surface area contributed by atoms with Crippen LogP contribution in [0.3, 0.4) is 0 Å². The third-order valence-electron chi connectivity index (χ3n) is 6.05. The van der Waals surface area contributed by atoms with E-state index in [0.29, 0.717) is 23.0 Å². The van der Waals surface area contributed by atoms with Crippen molar-refractivity contribution in [3.63, 3.8) is 0 Å². The Morgan fingerprint density at radius 3 is 2.06 bits per heavy atom. The molecule has 0 bridgehead atoms. The van der Waals surface area contributed by atoms with Crippen molar-refractivity contribution in [3.8, 4) is 0 Å². The standard InChI is InChI=1S/C23H27B2N3O7/c1-13(2)9-28(23(31)15-4-6-17-12-35-25(33)19(17)8-15)10-20(21(26)29)27-22(30)14-3-5-16-11-34-24(32)18(16)7-14/h3-8,13,20,32-33H,9-12H2,1-2H3,(H2,26,29)(H,27,30)/t20-/m0/s1. The molecule has 2 aliphatic rings. The Morgan fingerprint density at radius 2 is 1.51 bits per heavy atom. The van der Waals surface area contributed by atoms with Crippen LogP contribution in [-0.4, -0.2) is 66.0 Å². The summed E-state index contributed by atoms with van der Waals surface area (Å²) >= 11 is 0. The molecule has 4 rings (SSSR count). The number of nitrogens with zero attached hydrogens (tertiary/aromatic N) is 1. The lowest BCUT2D eigenvalue weighted by molar-refractivity contribution is -0.120. The van der Waals surface area contributed by atoms with Gasteiger partial charge in [0.1, 0.15) is 6.04 Å². The molecule has 10 nitrogen and oxygen atoms in total. The van der Waals surface area contributed by atoms with Crippen molar-refractivity contribution in [2.24, 2.45) is 11.7 Å². The van der Waals surface area contributed by atoms with Crippen molar-refractivity contribution in [2.45, 2.75) is 33.1 Å². The number of fused-ring (bicyclic) bond motifs is 2. The summed E-state index contributed by atoms with van der Waals surface area (Å²) in [5.41, 5.74) is 8.75. The first kappa shape index (κ1) is 24.9. The van der Waals surface area contributed by atoms with Crippen LogP contribution in [0.5, 0.6) is 0 Å². The van der Waals surface area contributed by atoms with Gasteiger partial charge in [0, 0.05) is 17.7 Å². The normalized spacial score (nSPS) is 15.1. The van der Waals surface area contributed by atoms with Gasteiger partial charge in [-0.05, 0) is 52.2 Å². The molecular weight excluding hydrogens is 452 g/mol. The van der Waals surface area contributed by atoms with Gasteiger partial charge in [0.25, 0.3) is 11.8 Å². The molecule has 2 heterocycles. The maximum Gasteiger partial charge on any atom is 0.491 e. The van der Waals surface area contributed by atoms with Gasteiger partial charge in [-0.3, -0.25) is 14.4 Å². The molecule has 0 saturated carbocycles. The zero-order valence-electron chi connectivity index (χ0n) is 19.6. The summed E-state index contributed by atoms with van der Waals surface area (Å²) in [6.45, 7) is 4.55. The van der Waals surface area contributed by atoms with Crippen molar-refractivity contribution in [2.75, 3.05) is 13.1 Å². The molecule has 0 radical (unpaired) electrons. The van der Waals surface area contributed by atoms with E-state index in [1.807, 2.05) is 13.8 Å². The van der Waals surface area contributed by atoms with E-state index in [-0.39, 0.29) is 37.1 Å². The van der Waals surface area contributed by atoms with Gasteiger partial charge in [-0.1, -0.05) is 26.0 Å². The highest BCUT2D eigenvalue weighted by Gasteiger charge is 2.31. The Hall–Kier alpha value is -3.18. The van der Waals surface area contributed by atoms with Crippen molar-refractivity contribution < 1.29 is 33.7 Å². The molecule has 5 N–H and O–H groups in total. The highest BCUT2D eigenvalue weighted by atomic mass is 16.5. The molecule has 0 aliphatic carbocycles. The van der Waals surface area contributed by atoms with Crippen LogP contribution in [0, 0.1) is 5.92 Å². The lowest BCUT2D eigenvalue weighted by Crippen LogP contribution is -2.53. The van der Waals surface area contributed by atoms with Crippen LogP contribution < -0.4 is 22.0 Å². The quantitative estimate of drug-likeness (QED) is 0.337. The fourth-order valence-electron chi connectivity index (χ4n) is 4.24. The number of primary amides is 1. The predicted octanol–water partition coefficient (Wildman–Crippen LogP) is -1.50. The Balaban J connectivity index is 1.52. The molecule has 0 fully saturated rings. The lowest BCUT2D eigenvalue weighted by Gasteiger charge is -2.28. The number of nitrogens with one attached hydrogen (secondary N) is 1. The van der Waals surface area contributed by atoms with E-state index in [1.165, 1.54) is 11.0 Å².